The maximum atomic E-state index is 11.2. The van der Waals surface area contributed by atoms with Crippen LogP contribution in [0, 0.1) is 0 Å². The van der Waals surface area contributed by atoms with Crippen LogP contribution in [0.2, 0.25) is 0 Å². The van der Waals surface area contributed by atoms with Crippen LogP contribution in [0.1, 0.15) is 18.9 Å². The standard InChI is InChI=1S/C21H27N5O2/c1-2-22-19-17-8-10-26(20(17)24-15-23-19)14-21(28)9-11-25(13-18(21)27)12-16-6-4-3-5-7-16/h3-8,10,15,18,27-28H,2,9,11-14H2,1H3,(H,22,23,24)/t18-,21-/m0/s1. The summed E-state index contributed by atoms with van der Waals surface area (Å²) in [5.74, 6) is 0.788. The number of nitrogens with one attached hydrogen (secondary N) is 1. The van der Waals surface area contributed by atoms with Gasteiger partial charge < -0.3 is 20.1 Å². The van der Waals surface area contributed by atoms with Gasteiger partial charge in [0.1, 0.15) is 23.4 Å². The SMILES string of the molecule is CCNc1ncnc2c1ccn2C[C@@]1(O)CCN(Cc2ccccc2)C[C@@H]1O. The normalized spacial score (nSPS) is 23.2. The summed E-state index contributed by atoms with van der Waals surface area (Å²) < 4.78 is 1.91. The minimum atomic E-state index is -1.18. The van der Waals surface area contributed by atoms with Crippen molar-refractivity contribution in [1.29, 1.82) is 0 Å². The predicted molar refractivity (Wildman–Crippen MR) is 109 cm³/mol. The minimum absolute atomic E-state index is 0.305. The molecule has 2 atom stereocenters. The fourth-order valence-corrected chi connectivity index (χ4v) is 3.93. The van der Waals surface area contributed by atoms with Crippen LogP contribution in [0.25, 0.3) is 11.0 Å². The van der Waals surface area contributed by atoms with E-state index in [0.29, 0.717) is 19.5 Å². The molecule has 28 heavy (non-hydrogen) atoms. The molecule has 148 valence electrons. The molecular weight excluding hydrogens is 354 g/mol. The van der Waals surface area contributed by atoms with Crippen molar-refractivity contribution < 1.29 is 10.2 Å². The Hall–Kier alpha value is -2.48. The molecule has 7 nitrogen and oxygen atoms in total. The Bertz CT molecular complexity index is 929. The average Bonchev–Trinajstić information content (AvgIpc) is 3.10. The molecule has 7 heteroatoms. The third-order valence-electron chi connectivity index (χ3n) is 5.51. The van der Waals surface area contributed by atoms with E-state index in [1.54, 1.807) is 0 Å². The van der Waals surface area contributed by atoms with Gasteiger partial charge in [-0.3, -0.25) is 4.90 Å². The summed E-state index contributed by atoms with van der Waals surface area (Å²) in [7, 11) is 0. The minimum Gasteiger partial charge on any atom is -0.389 e. The summed E-state index contributed by atoms with van der Waals surface area (Å²) in [4.78, 5) is 10.9. The highest BCUT2D eigenvalue weighted by Gasteiger charge is 2.41. The second-order valence-electron chi connectivity index (χ2n) is 7.52. The van der Waals surface area contributed by atoms with E-state index in [-0.39, 0.29) is 0 Å². The molecular formula is C21H27N5O2. The first-order valence-electron chi connectivity index (χ1n) is 9.79. The first kappa shape index (κ1) is 18.9. The van der Waals surface area contributed by atoms with Crippen LogP contribution < -0.4 is 5.32 Å². The van der Waals surface area contributed by atoms with Crippen LogP contribution in [-0.4, -0.2) is 61.0 Å². The first-order valence-corrected chi connectivity index (χ1v) is 9.79. The molecule has 0 spiro atoms. The third kappa shape index (κ3) is 3.73. The number of rotatable bonds is 6. The van der Waals surface area contributed by atoms with Crippen LogP contribution >= 0.6 is 0 Å². The second kappa shape index (κ2) is 7.87. The van der Waals surface area contributed by atoms with E-state index in [4.69, 9.17) is 0 Å². The smallest absolute Gasteiger partial charge is 0.145 e. The van der Waals surface area contributed by atoms with E-state index in [1.165, 1.54) is 11.9 Å². The molecule has 0 saturated carbocycles. The number of β-amino-alcohol motifs (C(OH)–C–C–N with tert-alkyl or cyclic N) is 1. The first-order chi connectivity index (χ1) is 13.6. The highest BCUT2D eigenvalue weighted by molar-refractivity contribution is 5.87. The van der Waals surface area contributed by atoms with Crippen LogP contribution in [0.15, 0.2) is 48.9 Å². The monoisotopic (exact) mass is 381 g/mol. The number of aliphatic hydroxyl groups excluding tert-OH is 1. The van der Waals surface area contributed by atoms with Gasteiger partial charge in [0.15, 0.2) is 0 Å². The Morgan fingerprint density at radius 2 is 2.04 bits per heavy atom. The van der Waals surface area contributed by atoms with Crippen LogP contribution in [0.4, 0.5) is 5.82 Å². The summed E-state index contributed by atoms with van der Waals surface area (Å²) in [5.41, 5.74) is 0.796. The summed E-state index contributed by atoms with van der Waals surface area (Å²) in [5, 5.41) is 26.1. The lowest BCUT2D eigenvalue weighted by Gasteiger charge is -2.42. The number of aliphatic hydroxyl groups is 2. The van der Waals surface area contributed by atoms with Crippen molar-refractivity contribution in [3.05, 3.63) is 54.5 Å². The number of nitrogens with zero attached hydrogens (tertiary/aromatic N) is 4. The number of hydrogen-bond donors (Lipinski definition) is 3. The number of fused-ring (bicyclic) bond motifs is 1. The van der Waals surface area contributed by atoms with Crippen molar-refractivity contribution in [2.75, 3.05) is 25.0 Å². The number of benzene rings is 1. The molecule has 1 saturated heterocycles. The molecule has 3 heterocycles. The molecule has 0 amide bonds. The molecule has 0 radical (unpaired) electrons. The molecule has 1 aliphatic rings. The topological polar surface area (TPSA) is 86.4 Å². The van der Waals surface area contributed by atoms with Crippen molar-refractivity contribution in [3.63, 3.8) is 0 Å². The van der Waals surface area contributed by atoms with E-state index in [1.807, 2.05) is 42.0 Å². The van der Waals surface area contributed by atoms with Gasteiger partial charge in [0, 0.05) is 32.4 Å². The molecule has 1 aliphatic heterocycles. The summed E-state index contributed by atoms with van der Waals surface area (Å²) in [6.07, 6.45) is 3.12. The fraction of sp³-hybridized carbons (Fsp3) is 0.429. The zero-order valence-electron chi connectivity index (χ0n) is 16.1. The van der Waals surface area contributed by atoms with Crippen molar-refractivity contribution in [2.24, 2.45) is 0 Å². The van der Waals surface area contributed by atoms with E-state index >= 15 is 0 Å². The highest BCUT2D eigenvalue weighted by Crippen LogP contribution is 2.28. The largest absolute Gasteiger partial charge is 0.389 e. The molecule has 2 aromatic heterocycles. The Balaban J connectivity index is 1.48. The van der Waals surface area contributed by atoms with Gasteiger partial charge in [0.25, 0.3) is 0 Å². The van der Waals surface area contributed by atoms with Crippen molar-refractivity contribution in [1.82, 2.24) is 19.4 Å². The molecule has 4 rings (SSSR count). The van der Waals surface area contributed by atoms with E-state index in [9.17, 15) is 10.2 Å². The number of piperidine rings is 1. The van der Waals surface area contributed by atoms with E-state index < -0.39 is 11.7 Å². The maximum absolute atomic E-state index is 11.2. The molecule has 0 bridgehead atoms. The van der Waals surface area contributed by atoms with Gasteiger partial charge in [-0.2, -0.15) is 0 Å². The predicted octanol–water partition coefficient (Wildman–Crippen LogP) is 1.86. The van der Waals surface area contributed by atoms with Gasteiger partial charge in [-0.1, -0.05) is 30.3 Å². The highest BCUT2D eigenvalue weighted by atomic mass is 16.3. The Kier molecular flexibility index (Phi) is 5.30. The number of hydrogen-bond acceptors (Lipinski definition) is 6. The van der Waals surface area contributed by atoms with Crippen molar-refractivity contribution in [3.8, 4) is 0 Å². The van der Waals surface area contributed by atoms with Gasteiger partial charge >= 0.3 is 0 Å². The van der Waals surface area contributed by atoms with Crippen LogP contribution in [0.5, 0.6) is 0 Å². The molecule has 3 aromatic rings. The van der Waals surface area contributed by atoms with Crippen molar-refractivity contribution >= 4 is 16.9 Å². The lowest BCUT2D eigenvalue weighted by atomic mass is 9.88. The van der Waals surface area contributed by atoms with Gasteiger partial charge in [-0.25, -0.2) is 9.97 Å². The summed E-state index contributed by atoms with van der Waals surface area (Å²) >= 11 is 0. The van der Waals surface area contributed by atoms with E-state index in [0.717, 1.165) is 36.5 Å². The van der Waals surface area contributed by atoms with Gasteiger partial charge in [-0.05, 0) is 25.0 Å². The van der Waals surface area contributed by atoms with Crippen LogP contribution in [-0.2, 0) is 13.1 Å². The maximum Gasteiger partial charge on any atom is 0.145 e. The number of anilines is 1. The van der Waals surface area contributed by atoms with Crippen LogP contribution in [0.3, 0.4) is 0 Å². The van der Waals surface area contributed by atoms with Gasteiger partial charge in [0.2, 0.25) is 0 Å². The molecule has 0 unspecified atom stereocenters. The molecule has 1 aromatic carbocycles. The third-order valence-corrected chi connectivity index (χ3v) is 5.51. The Morgan fingerprint density at radius 3 is 2.79 bits per heavy atom. The fourth-order valence-electron chi connectivity index (χ4n) is 3.93. The number of likely N-dealkylation sites (tertiary alicyclic amines) is 1. The molecule has 0 aliphatic carbocycles. The van der Waals surface area contributed by atoms with Gasteiger partial charge in [-0.15, -0.1) is 0 Å². The average molecular weight is 381 g/mol. The molecule has 3 N–H and O–H groups in total. The van der Waals surface area contributed by atoms with Crippen molar-refractivity contribution in [2.45, 2.75) is 38.1 Å². The quantitative estimate of drug-likeness (QED) is 0.604. The lowest BCUT2D eigenvalue weighted by Crippen LogP contribution is -2.57. The zero-order valence-corrected chi connectivity index (χ0v) is 16.1. The van der Waals surface area contributed by atoms with Gasteiger partial charge in [0.05, 0.1) is 18.0 Å². The zero-order chi connectivity index (χ0) is 19.6. The van der Waals surface area contributed by atoms with E-state index in [2.05, 4.69) is 32.3 Å². The number of aromatic nitrogens is 3. The lowest BCUT2D eigenvalue weighted by molar-refractivity contribution is -0.128. The Labute approximate surface area is 164 Å². The molecule has 1 fully saturated rings. The Morgan fingerprint density at radius 1 is 1.21 bits per heavy atom. The summed E-state index contributed by atoms with van der Waals surface area (Å²) in [6, 6.07) is 12.2. The summed E-state index contributed by atoms with van der Waals surface area (Å²) in [6.45, 7) is 5.06. The second-order valence-corrected chi connectivity index (χ2v) is 7.52.